The van der Waals surface area contributed by atoms with Crippen LogP contribution in [0, 0.1) is 0 Å². The van der Waals surface area contributed by atoms with E-state index in [-0.39, 0.29) is 6.03 Å². The van der Waals surface area contributed by atoms with E-state index in [4.69, 9.17) is 4.74 Å². The molecule has 1 aromatic heterocycles. The molecule has 0 atom stereocenters. The van der Waals surface area contributed by atoms with E-state index < -0.39 is 0 Å². The maximum Gasteiger partial charge on any atom is 0.321 e. The minimum absolute atomic E-state index is 0.0932. The van der Waals surface area contributed by atoms with Crippen LogP contribution in [0.15, 0.2) is 66.7 Å². The molecule has 0 radical (unpaired) electrons. The van der Waals surface area contributed by atoms with Crippen LogP contribution >= 0.6 is 0 Å². The number of hydrogen-bond acceptors (Lipinski definition) is 5. The maximum absolute atomic E-state index is 12.6. The molecule has 0 spiro atoms. The zero-order valence-corrected chi connectivity index (χ0v) is 17.0. The van der Waals surface area contributed by atoms with Gasteiger partial charge in [-0.1, -0.05) is 30.3 Å². The van der Waals surface area contributed by atoms with Gasteiger partial charge in [0.25, 0.3) is 0 Å². The van der Waals surface area contributed by atoms with Gasteiger partial charge in [0.05, 0.1) is 12.3 Å². The van der Waals surface area contributed by atoms with Crippen LogP contribution in [0.25, 0.3) is 11.3 Å². The van der Waals surface area contributed by atoms with Gasteiger partial charge < -0.3 is 19.9 Å². The van der Waals surface area contributed by atoms with Crippen LogP contribution < -0.4 is 15.0 Å². The van der Waals surface area contributed by atoms with Crippen molar-refractivity contribution in [1.29, 1.82) is 0 Å². The number of anilines is 2. The van der Waals surface area contributed by atoms with Crippen molar-refractivity contribution in [2.24, 2.45) is 0 Å². The normalized spacial score (nSPS) is 13.8. The standard InChI is InChI=1S/C23H25N5O2/c1-2-30-20-10-8-19(9-11-20)24-23(29)28-16-14-27(15-17-28)22-13-12-21(25-26-22)18-6-4-3-5-7-18/h3-13H,2,14-17H2,1H3,(H,24,29). The fraction of sp³-hybridized carbons (Fsp3) is 0.261. The molecular formula is C23H25N5O2. The van der Waals surface area contributed by atoms with Gasteiger partial charge in [-0.3, -0.25) is 0 Å². The van der Waals surface area contributed by atoms with Gasteiger partial charge in [0.15, 0.2) is 5.82 Å². The second-order valence-corrected chi connectivity index (χ2v) is 7.00. The van der Waals surface area contributed by atoms with Crippen molar-refractivity contribution in [3.05, 3.63) is 66.7 Å². The quantitative estimate of drug-likeness (QED) is 0.700. The molecule has 2 amide bonds. The lowest BCUT2D eigenvalue weighted by Crippen LogP contribution is -2.50. The van der Waals surface area contributed by atoms with Crippen LogP contribution in [-0.4, -0.2) is 53.9 Å². The molecule has 7 nitrogen and oxygen atoms in total. The van der Waals surface area contributed by atoms with Crippen LogP contribution in [0.5, 0.6) is 5.75 Å². The van der Waals surface area contributed by atoms with E-state index in [9.17, 15) is 4.79 Å². The molecular weight excluding hydrogens is 378 g/mol. The van der Waals surface area contributed by atoms with Gasteiger partial charge in [-0.25, -0.2) is 4.79 Å². The molecule has 2 aromatic carbocycles. The number of rotatable bonds is 5. The zero-order chi connectivity index (χ0) is 20.8. The van der Waals surface area contributed by atoms with Crippen molar-refractivity contribution in [1.82, 2.24) is 15.1 Å². The first-order valence-corrected chi connectivity index (χ1v) is 10.2. The Labute approximate surface area is 176 Å². The number of amides is 2. The molecule has 1 aliphatic heterocycles. The minimum Gasteiger partial charge on any atom is -0.494 e. The average Bonchev–Trinajstić information content (AvgIpc) is 2.81. The molecule has 1 aliphatic rings. The van der Waals surface area contributed by atoms with E-state index in [1.165, 1.54) is 0 Å². The minimum atomic E-state index is -0.0932. The summed E-state index contributed by atoms with van der Waals surface area (Å²) in [5.41, 5.74) is 2.66. The van der Waals surface area contributed by atoms with Gasteiger partial charge in [-0.2, -0.15) is 0 Å². The van der Waals surface area contributed by atoms with Gasteiger partial charge in [0, 0.05) is 37.4 Å². The van der Waals surface area contributed by atoms with Crippen molar-refractivity contribution in [3.8, 4) is 17.0 Å². The molecule has 1 saturated heterocycles. The SMILES string of the molecule is CCOc1ccc(NC(=O)N2CCN(c3ccc(-c4ccccc4)nn3)CC2)cc1. The Morgan fingerprint density at radius 3 is 2.30 bits per heavy atom. The lowest BCUT2D eigenvalue weighted by atomic mass is 10.1. The molecule has 7 heteroatoms. The Balaban J connectivity index is 1.30. The van der Waals surface area contributed by atoms with Crippen LogP contribution in [0.4, 0.5) is 16.3 Å². The van der Waals surface area contributed by atoms with Crippen molar-refractivity contribution in [3.63, 3.8) is 0 Å². The molecule has 1 N–H and O–H groups in total. The molecule has 0 unspecified atom stereocenters. The van der Waals surface area contributed by atoms with Crippen molar-refractivity contribution >= 4 is 17.5 Å². The number of piperazine rings is 1. The fourth-order valence-corrected chi connectivity index (χ4v) is 3.40. The van der Waals surface area contributed by atoms with E-state index in [0.29, 0.717) is 19.7 Å². The summed E-state index contributed by atoms with van der Waals surface area (Å²) < 4.78 is 5.43. The summed E-state index contributed by atoms with van der Waals surface area (Å²) in [6.45, 7) is 5.26. The summed E-state index contributed by atoms with van der Waals surface area (Å²) >= 11 is 0. The van der Waals surface area contributed by atoms with Gasteiger partial charge >= 0.3 is 6.03 Å². The number of nitrogens with zero attached hydrogens (tertiary/aromatic N) is 4. The first-order chi connectivity index (χ1) is 14.7. The molecule has 0 bridgehead atoms. The van der Waals surface area contributed by atoms with Crippen LogP contribution in [-0.2, 0) is 0 Å². The summed E-state index contributed by atoms with van der Waals surface area (Å²) in [4.78, 5) is 16.5. The molecule has 3 aromatic rings. The molecule has 30 heavy (non-hydrogen) atoms. The second-order valence-electron chi connectivity index (χ2n) is 7.00. The highest BCUT2D eigenvalue weighted by Gasteiger charge is 2.22. The summed E-state index contributed by atoms with van der Waals surface area (Å²) in [7, 11) is 0. The lowest BCUT2D eigenvalue weighted by Gasteiger charge is -2.35. The van der Waals surface area contributed by atoms with Gasteiger partial charge in [-0.15, -0.1) is 10.2 Å². The first-order valence-electron chi connectivity index (χ1n) is 10.2. The largest absolute Gasteiger partial charge is 0.494 e. The molecule has 0 aliphatic carbocycles. The van der Waals surface area contributed by atoms with E-state index in [1.54, 1.807) is 0 Å². The Hall–Kier alpha value is -3.61. The van der Waals surface area contributed by atoms with Crippen LogP contribution in [0.1, 0.15) is 6.92 Å². The van der Waals surface area contributed by atoms with Crippen LogP contribution in [0.2, 0.25) is 0 Å². The Morgan fingerprint density at radius 1 is 0.933 bits per heavy atom. The maximum atomic E-state index is 12.6. The highest BCUT2D eigenvalue weighted by atomic mass is 16.5. The van der Waals surface area contributed by atoms with E-state index >= 15 is 0 Å². The van der Waals surface area contributed by atoms with Crippen molar-refractivity contribution in [2.45, 2.75) is 6.92 Å². The Morgan fingerprint density at radius 2 is 1.67 bits per heavy atom. The topological polar surface area (TPSA) is 70.6 Å². The average molecular weight is 403 g/mol. The summed E-state index contributed by atoms with van der Waals surface area (Å²) in [6.07, 6.45) is 0. The molecule has 0 saturated carbocycles. The van der Waals surface area contributed by atoms with Gasteiger partial charge in [0.1, 0.15) is 5.75 Å². The Bertz CT molecular complexity index is 953. The van der Waals surface area contributed by atoms with E-state index in [2.05, 4.69) is 20.4 Å². The molecule has 4 rings (SSSR count). The van der Waals surface area contributed by atoms with E-state index in [1.807, 2.05) is 78.6 Å². The summed E-state index contributed by atoms with van der Waals surface area (Å²) in [6, 6.07) is 21.3. The number of carbonyl (C=O) groups excluding carboxylic acids is 1. The highest BCUT2D eigenvalue weighted by Crippen LogP contribution is 2.20. The Kier molecular flexibility index (Phi) is 6.08. The third-order valence-electron chi connectivity index (χ3n) is 5.03. The zero-order valence-electron chi connectivity index (χ0n) is 17.0. The summed E-state index contributed by atoms with van der Waals surface area (Å²) in [5.74, 6) is 1.63. The predicted octanol–water partition coefficient (Wildman–Crippen LogP) is 3.90. The number of hydrogen-bond donors (Lipinski definition) is 1. The third-order valence-corrected chi connectivity index (χ3v) is 5.03. The first kappa shape index (κ1) is 19.7. The number of nitrogens with one attached hydrogen (secondary N) is 1. The number of ether oxygens (including phenoxy) is 1. The van der Waals surface area contributed by atoms with Crippen molar-refractivity contribution in [2.75, 3.05) is 43.0 Å². The third kappa shape index (κ3) is 4.68. The van der Waals surface area contributed by atoms with Crippen molar-refractivity contribution < 1.29 is 9.53 Å². The number of carbonyl (C=O) groups is 1. The highest BCUT2D eigenvalue weighted by molar-refractivity contribution is 5.89. The number of benzene rings is 2. The number of urea groups is 1. The smallest absolute Gasteiger partial charge is 0.321 e. The monoisotopic (exact) mass is 403 g/mol. The van der Waals surface area contributed by atoms with E-state index in [0.717, 1.165) is 41.6 Å². The lowest BCUT2D eigenvalue weighted by molar-refractivity contribution is 0.208. The molecule has 1 fully saturated rings. The fourth-order valence-electron chi connectivity index (χ4n) is 3.40. The van der Waals surface area contributed by atoms with Crippen LogP contribution in [0.3, 0.4) is 0 Å². The number of aromatic nitrogens is 2. The van der Waals surface area contributed by atoms with Gasteiger partial charge in [0.2, 0.25) is 0 Å². The predicted molar refractivity (Wildman–Crippen MR) is 118 cm³/mol. The molecule has 154 valence electrons. The summed E-state index contributed by atoms with van der Waals surface area (Å²) in [5, 5.41) is 11.7. The second kappa shape index (κ2) is 9.26. The molecule has 2 heterocycles. The van der Waals surface area contributed by atoms with Gasteiger partial charge in [-0.05, 0) is 43.3 Å².